The molecule has 0 saturated heterocycles. The van der Waals surface area contributed by atoms with Gasteiger partial charge in [0.1, 0.15) is 5.75 Å². The van der Waals surface area contributed by atoms with Crippen LogP contribution in [0.15, 0.2) is 41.0 Å². The molecule has 1 aromatic heterocycles. The highest BCUT2D eigenvalue weighted by Crippen LogP contribution is 2.31. The number of nitrogens with one attached hydrogen (secondary N) is 1. The Balaban J connectivity index is 1.93. The fourth-order valence-electron chi connectivity index (χ4n) is 2.11. The quantitative estimate of drug-likeness (QED) is 0.871. The Labute approximate surface area is 115 Å². The minimum absolute atomic E-state index is 0.192. The second-order valence-electron chi connectivity index (χ2n) is 4.52. The van der Waals surface area contributed by atoms with Crippen LogP contribution in [0.1, 0.15) is 29.5 Å². The van der Waals surface area contributed by atoms with Crippen molar-refractivity contribution in [3.63, 3.8) is 0 Å². The summed E-state index contributed by atoms with van der Waals surface area (Å²) in [5.74, 6) is 0.416. The van der Waals surface area contributed by atoms with Gasteiger partial charge in [-0.25, -0.2) is 0 Å². The first-order chi connectivity index (χ1) is 9.69. The molecule has 0 radical (unpaired) electrons. The lowest BCUT2D eigenvalue weighted by Crippen LogP contribution is -2.36. The SMILES string of the molecule is CC[C@@H]1Oc2ccc(C(=O)c3ccco3)cc2NC1=O. The Morgan fingerprint density at radius 1 is 1.35 bits per heavy atom. The average molecular weight is 271 g/mol. The van der Waals surface area contributed by atoms with Crippen molar-refractivity contribution in [3.05, 3.63) is 47.9 Å². The lowest BCUT2D eigenvalue weighted by molar-refractivity contribution is -0.123. The summed E-state index contributed by atoms with van der Waals surface area (Å²) in [5.41, 5.74) is 0.953. The zero-order valence-corrected chi connectivity index (χ0v) is 10.9. The van der Waals surface area contributed by atoms with Gasteiger partial charge < -0.3 is 14.5 Å². The summed E-state index contributed by atoms with van der Waals surface area (Å²) in [4.78, 5) is 23.9. The molecule has 1 aromatic carbocycles. The molecule has 1 N–H and O–H groups in total. The summed E-state index contributed by atoms with van der Waals surface area (Å²) in [5, 5.41) is 2.75. The number of fused-ring (bicyclic) bond motifs is 1. The summed E-state index contributed by atoms with van der Waals surface area (Å²) in [7, 11) is 0. The van der Waals surface area contributed by atoms with E-state index in [-0.39, 0.29) is 17.5 Å². The smallest absolute Gasteiger partial charge is 0.265 e. The van der Waals surface area contributed by atoms with Crippen LogP contribution in [0.2, 0.25) is 0 Å². The van der Waals surface area contributed by atoms with Gasteiger partial charge in [0.15, 0.2) is 11.9 Å². The number of hydrogen-bond donors (Lipinski definition) is 1. The van der Waals surface area contributed by atoms with Crippen LogP contribution in [0, 0.1) is 0 Å². The Hall–Kier alpha value is -2.56. The zero-order valence-electron chi connectivity index (χ0n) is 10.9. The molecule has 5 nitrogen and oxygen atoms in total. The first kappa shape index (κ1) is 12.5. The van der Waals surface area contributed by atoms with Crippen molar-refractivity contribution < 1.29 is 18.7 Å². The maximum absolute atomic E-state index is 12.1. The van der Waals surface area contributed by atoms with Gasteiger partial charge in [0.05, 0.1) is 12.0 Å². The molecule has 0 bridgehead atoms. The standard InChI is InChI=1S/C15H13NO4/c1-2-11-15(18)16-10-8-9(5-6-12(10)20-11)14(17)13-4-3-7-19-13/h3-8,11H,2H2,1H3,(H,16,18)/t11-/m0/s1. The van der Waals surface area contributed by atoms with Gasteiger partial charge in [-0.15, -0.1) is 0 Å². The average Bonchev–Trinajstić information content (AvgIpc) is 2.99. The minimum Gasteiger partial charge on any atom is -0.478 e. The van der Waals surface area contributed by atoms with E-state index in [1.54, 1.807) is 30.3 Å². The summed E-state index contributed by atoms with van der Waals surface area (Å²) in [6.45, 7) is 1.88. The molecule has 3 rings (SSSR count). The Morgan fingerprint density at radius 3 is 2.90 bits per heavy atom. The van der Waals surface area contributed by atoms with Gasteiger partial charge in [-0.1, -0.05) is 6.92 Å². The van der Waals surface area contributed by atoms with E-state index in [1.165, 1.54) is 6.26 Å². The number of benzene rings is 1. The first-order valence-corrected chi connectivity index (χ1v) is 6.39. The number of rotatable bonds is 3. The van der Waals surface area contributed by atoms with Crippen molar-refractivity contribution in [2.24, 2.45) is 0 Å². The lowest BCUT2D eigenvalue weighted by atomic mass is 10.1. The van der Waals surface area contributed by atoms with Crippen molar-refractivity contribution in [2.75, 3.05) is 5.32 Å². The van der Waals surface area contributed by atoms with Crippen molar-refractivity contribution in [1.29, 1.82) is 0 Å². The van der Waals surface area contributed by atoms with Gasteiger partial charge in [-0.3, -0.25) is 9.59 Å². The molecular formula is C15H13NO4. The topological polar surface area (TPSA) is 68.5 Å². The maximum Gasteiger partial charge on any atom is 0.265 e. The number of furan rings is 1. The third-order valence-corrected chi connectivity index (χ3v) is 3.18. The number of anilines is 1. The van der Waals surface area contributed by atoms with Gasteiger partial charge in [0.2, 0.25) is 5.78 Å². The van der Waals surface area contributed by atoms with Gasteiger partial charge in [-0.05, 0) is 36.8 Å². The van der Waals surface area contributed by atoms with Crippen molar-refractivity contribution in [1.82, 2.24) is 0 Å². The van der Waals surface area contributed by atoms with Crippen LogP contribution in [-0.2, 0) is 4.79 Å². The predicted octanol–water partition coefficient (Wildman–Crippen LogP) is 2.62. The molecule has 20 heavy (non-hydrogen) atoms. The third-order valence-electron chi connectivity index (χ3n) is 3.18. The van der Waals surface area contributed by atoms with Crippen LogP contribution in [-0.4, -0.2) is 17.8 Å². The normalized spacial score (nSPS) is 17.1. The molecule has 1 aliphatic heterocycles. The van der Waals surface area contributed by atoms with Gasteiger partial charge in [0, 0.05) is 5.56 Å². The first-order valence-electron chi connectivity index (χ1n) is 6.39. The van der Waals surface area contributed by atoms with E-state index in [0.717, 1.165) is 0 Å². The largest absolute Gasteiger partial charge is 0.478 e. The van der Waals surface area contributed by atoms with E-state index in [2.05, 4.69) is 5.32 Å². The van der Waals surface area contributed by atoms with E-state index in [1.807, 2.05) is 6.92 Å². The van der Waals surface area contributed by atoms with Gasteiger partial charge >= 0.3 is 0 Å². The molecule has 0 saturated carbocycles. The molecular weight excluding hydrogens is 258 g/mol. The highest BCUT2D eigenvalue weighted by molar-refractivity contribution is 6.08. The van der Waals surface area contributed by atoms with Gasteiger partial charge in [0.25, 0.3) is 5.91 Å². The van der Waals surface area contributed by atoms with Crippen LogP contribution < -0.4 is 10.1 Å². The van der Waals surface area contributed by atoms with Crippen LogP contribution in [0.3, 0.4) is 0 Å². The van der Waals surface area contributed by atoms with Crippen molar-refractivity contribution >= 4 is 17.4 Å². The summed E-state index contributed by atoms with van der Waals surface area (Å²) >= 11 is 0. The fourth-order valence-corrected chi connectivity index (χ4v) is 2.11. The Morgan fingerprint density at radius 2 is 2.20 bits per heavy atom. The van der Waals surface area contributed by atoms with Crippen molar-refractivity contribution in [2.45, 2.75) is 19.4 Å². The molecule has 0 fully saturated rings. The summed E-state index contributed by atoms with van der Waals surface area (Å²) < 4.78 is 10.7. The molecule has 1 atom stereocenters. The van der Waals surface area contributed by atoms with E-state index in [4.69, 9.17) is 9.15 Å². The predicted molar refractivity (Wildman–Crippen MR) is 71.9 cm³/mol. The molecule has 2 aromatic rings. The third kappa shape index (κ3) is 2.07. The van der Waals surface area contributed by atoms with Crippen LogP contribution in [0.4, 0.5) is 5.69 Å². The molecule has 0 unspecified atom stereocenters. The molecule has 0 aliphatic carbocycles. The maximum atomic E-state index is 12.1. The number of amides is 1. The second kappa shape index (κ2) is 4.85. The minimum atomic E-state index is -0.478. The van der Waals surface area contributed by atoms with Crippen molar-refractivity contribution in [3.8, 4) is 5.75 Å². The lowest BCUT2D eigenvalue weighted by Gasteiger charge is -2.25. The number of carbonyl (C=O) groups excluding carboxylic acids is 2. The summed E-state index contributed by atoms with van der Waals surface area (Å²) in [6.07, 6.45) is 1.56. The number of carbonyl (C=O) groups is 2. The molecule has 2 heterocycles. The molecule has 1 aliphatic rings. The van der Waals surface area contributed by atoms with Crippen LogP contribution >= 0.6 is 0 Å². The molecule has 5 heteroatoms. The highest BCUT2D eigenvalue weighted by atomic mass is 16.5. The second-order valence-corrected chi connectivity index (χ2v) is 4.52. The van der Waals surface area contributed by atoms with Gasteiger partial charge in [-0.2, -0.15) is 0 Å². The molecule has 0 spiro atoms. The highest BCUT2D eigenvalue weighted by Gasteiger charge is 2.26. The van der Waals surface area contributed by atoms with E-state index in [0.29, 0.717) is 23.4 Å². The molecule has 102 valence electrons. The number of ether oxygens (including phenoxy) is 1. The van der Waals surface area contributed by atoms with E-state index >= 15 is 0 Å². The fraction of sp³-hybridized carbons (Fsp3) is 0.200. The molecule has 1 amide bonds. The van der Waals surface area contributed by atoms with E-state index < -0.39 is 6.10 Å². The monoisotopic (exact) mass is 271 g/mol. The van der Waals surface area contributed by atoms with Crippen LogP contribution in [0.5, 0.6) is 5.75 Å². The summed E-state index contributed by atoms with van der Waals surface area (Å²) in [6, 6.07) is 8.21. The Bertz CT molecular complexity index is 661. The van der Waals surface area contributed by atoms with Crippen LogP contribution in [0.25, 0.3) is 0 Å². The van der Waals surface area contributed by atoms with E-state index in [9.17, 15) is 9.59 Å². The number of hydrogen-bond acceptors (Lipinski definition) is 4. The zero-order chi connectivity index (χ0) is 14.1. The number of ketones is 1. The Kier molecular flexibility index (Phi) is 3.02.